The van der Waals surface area contributed by atoms with Crippen LogP contribution in [-0.2, 0) is 0 Å². The Balaban J connectivity index is 1.96. The third-order valence-electron chi connectivity index (χ3n) is 4.67. The minimum absolute atomic E-state index is 0.0827. The second-order valence-electron chi connectivity index (χ2n) is 6.56. The molecule has 7 heteroatoms. The van der Waals surface area contributed by atoms with Crippen molar-refractivity contribution >= 4 is 22.4 Å². The van der Waals surface area contributed by atoms with Crippen LogP contribution in [0.15, 0.2) is 48.5 Å². The topological polar surface area (TPSA) is 103 Å². The highest BCUT2D eigenvalue weighted by atomic mass is 16.6. The van der Waals surface area contributed by atoms with Crippen LogP contribution >= 0.6 is 0 Å². The summed E-state index contributed by atoms with van der Waals surface area (Å²) >= 11 is 0. The minimum atomic E-state index is -0.708. The number of rotatable bonds is 6. The van der Waals surface area contributed by atoms with E-state index in [1.54, 1.807) is 12.1 Å². The van der Waals surface area contributed by atoms with E-state index in [4.69, 9.17) is 0 Å². The highest BCUT2D eigenvalue weighted by Crippen LogP contribution is 2.27. The normalized spacial score (nSPS) is 11.8. The highest BCUT2D eigenvalue weighted by Gasteiger charge is 2.17. The lowest BCUT2D eigenvalue weighted by atomic mass is 10.1. The molecule has 3 rings (SSSR count). The van der Waals surface area contributed by atoms with Gasteiger partial charge in [-0.2, -0.15) is 5.26 Å². The van der Waals surface area contributed by atoms with Gasteiger partial charge in [-0.25, -0.2) is 4.98 Å². The molecule has 1 atom stereocenters. The van der Waals surface area contributed by atoms with Crippen LogP contribution in [0.4, 0.5) is 11.5 Å². The quantitative estimate of drug-likeness (QED) is 0.517. The summed E-state index contributed by atoms with van der Waals surface area (Å²) in [5, 5.41) is 31.6. The summed E-state index contributed by atoms with van der Waals surface area (Å²) in [7, 11) is 0. The van der Waals surface area contributed by atoms with Crippen LogP contribution in [-0.4, -0.2) is 28.1 Å². The predicted molar refractivity (Wildman–Crippen MR) is 107 cm³/mol. The lowest BCUT2D eigenvalue weighted by molar-refractivity contribution is -0.384. The van der Waals surface area contributed by atoms with E-state index in [1.165, 1.54) is 12.1 Å². The van der Waals surface area contributed by atoms with Crippen molar-refractivity contribution in [2.75, 3.05) is 18.0 Å². The number of nitro groups is 1. The fourth-order valence-corrected chi connectivity index (χ4v) is 3.06. The number of aryl methyl sites for hydroxylation is 1. The van der Waals surface area contributed by atoms with E-state index in [0.717, 1.165) is 11.1 Å². The summed E-state index contributed by atoms with van der Waals surface area (Å²) in [6.07, 6.45) is -0.708. The Morgan fingerprint density at radius 3 is 2.57 bits per heavy atom. The molecule has 0 aliphatic heterocycles. The van der Waals surface area contributed by atoms with Crippen molar-refractivity contribution in [1.29, 1.82) is 5.26 Å². The molecule has 0 aliphatic rings. The molecule has 0 bridgehead atoms. The molecule has 2 aromatic carbocycles. The average Bonchev–Trinajstić information content (AvgIpc) is 2.70. The summed E-state index contributed by atoms with van der Waals surface area (Å²) in [5.74, 6) is 0.548. The first kappa shape index (κ1) is 19.3. The molecule has 3 aromatic rings. The number of aromatic nitrogens is 1. The third-order valence-corrected chi connectivity index (χ3v) is 4.67. The number of non-ortho nitro benzene ring substituents is 1. The fourth-order valence-electron chi connectivity index (χ4n) is 3.06. The number of anilines is 1. The summed E-state index contributed by atoms with van der Waals surface area (Å²) in [4.78, 5) is 17.0. The average molecular weight is 376 g/mol. The maximum Gasteiger partial charge on any atom is 0.270 e. The molecular weight excluding hydrogens is 356 g/mol. The number of hydrogen-bond donors (Lipinski definition) is 1. The van der Waals surface area contributed by atoms with Crippen molar-refractivity contribution in [3.05, 3.63) is 75.3 Å². The Labute approximate surface area is 162 Å². The minimum Gasteiger partial charge on any atom is -0.387 e. The molecule has 142 valence electrons. The van der Waals surface area contributed by atoms with Crippen molar-refractivity contribution < 1.29 is 10.0 Å². The van der Waals surface area contributed by atoms with Gasteiger partial charge >= 0.3 is 0 Å². The molecule has 1 heterocycles. The van der Waals surface area contributed by atoms with Gasteiger partial charge in [-0.3, -0.25) is 10.1 Å². The van der Waals surface area contributed by atoms with Gasteiger partial charge in [-0.05, 0) is 31.5 Å². The van der Waals surface area contributed by atoms with Crippen molar-refractivity contribution in [2.24, 2.45) is 0 Å². The maximum absolute atomic E-state index is 11.0. The van der Waals surface area contributed by atoms with Gasteiger partial charge in [0.25, 0.3) is 5.69 Å². The van der Waals surface area contributed by atoms with Crippen LogP contribution < -0.4 is 4.90 Å². The van der Waals surface area contributed by atoms with Gasteiger partial charge in [-0.15, -0.1) is 0 Å². The molecule has 7 nitrogen and oxygen atoms in total. The molecule has 28 heavy (non-hydrogen) atoms. The van der Waals surface area contributed by atoms with Crippen molar-refractivity contribution in [3.8, 4) is 6.07 Å². The number of nitro benzene ring substituents is 1. The molecular formula is C21H20N4O3. The Hall–Kier alpha value is -3.50. The number of nitriles is 1. The number of pyridine rings is 1. The summed E-state index contributed by atoms with van der Waals surface area (Å²) in [6, 6.07) is 15.7. The zero-order valence-electron chi connectivity index (χ0n) is 15.7. The summed E-state index contributed by atoms with van der Waals surface area (Å²) < 4.78 is 0. The number of likely N-dealkylation sites (N-methyl/N-ethyl adjacent to an activating group) is 1. The Kier molecular flexibility index (Phi) is 5.52. The van der Waals surface area contributed by atoms with Crippen molar-refractivity contribution in [1.82, 2.24) is 4.98 Å². The summed E-state index contributed by atoms with van der Waals surface area (Å²) in [5.41, 5.74) is 2.66. The third kappa shape index (κ3) is 3.92. The molecule has 0 amide bonds. The van der Waals surface area contributed by atoms with Crippen LogP contribution in [0.3, 0.4) is 0 Å². The predicted octanol–water partition coefficient (Wildman–Crippen LogP) is 3.88. The van der Waals surface area contributed by atoms with E-state index in [0.29, 0.717) is 35.4 Å². The monoisotopic (exact) mass is 376 g/mol. The van der Waals surface area contributed by atoms with Crippen LogP contribution in [0.5, 0.6) is 0 Å². The molecule has 0 radical (unpaired) electrons. The largest absolute Gasteiger partial charge is 0.387 e. The first-order chi connectivity index (χ1) is 13.4. The second kappa shape index (κ2) is 8.03. The second-order valence-corrected chi connectivity index (χ2v) is 6.56. The molecule has 1 aromatic heterocycles. The first-order valence-corrected chi connectivity index (χ1v) is 8.91. The molecule has 0 saturated carbocycles. The SMILES string of the molecule is CCN(CC(O)c1ccc(C)cc1)c1cc(C#N)c2cc([N+](=O)[O-])ccc2n1. The molecule has 0 fully saturated rings. The number of aliphatic hydroxyl groups is 1. The lowest BCUT2D eigenvalue weighted by Gasteiger charge is -2.25. The van der Waals surface area contributed by atoms with Gasteiger partial charge in [0.15, 0.2) is 0 Å². The zero-order chi connectivity index (χ0) is 20.3. The molecule has 1 unspecified atom stereocenters. The van der Waals surface area contributed by atoms with Gasteiger partial charge < -0.3 is 10.0 Å². The van der Waals surface area contributed by atoms with Gasteiger partial charge in [0.2, 0.25) is 0 Å². The molecule has 0 saturated heterocycles. The van der Waals surface area contributed by atoms with Crippen molar-refractivity contribution in [2.45, 2.75) is 20.0 Å². The van der Waals surface area contributed by atoms with E-state index in [2.05, 4.69) is 11.1 Å². The van der Waals surface area contributed by atoms with E-state index in [1.807, 2.05) is 43.0 Å². The van der Waals surface area contributed by atoms with Crippen LogP contribution in [0.25, 0.3) is 10.9 Å². The molecule has 1 N–H and O–H groups in total. The van der Waals surface area contributed by atoms with Gasteiger partial charge in [0.1, 0.15) is 5.82 Å². The van der Waals surface area contributed by atoms with E-state index in [-0.39, 0.29) is 5.69 Å². The Morgan fingerprint density at radius 1 is 1.25 bits per heavy atom. The summed E-state index contributed by atoms with van der Waals surface area (Å²) in [6.45, 7) is 4.83. The highest BCUT2D eigenvalue weighted by molar-refractivity contribution is 5.88. The zero-order valence-corrected chi connectivity index (χ0v) is 15.7. The smallest absolute Gasteiger partial charge is 0.270 e. The lowest BCUT2D eigenvalue weighted by Crippen LogP contribution is -2.29. The van der Waals surface area contributed by atoms with E-state index >= 15 is 0 Å². The van der Waals surface area contributed by atoms with Crippen LogP contribution in [0, 0.1) is 28.4 Å². The number of nitrogens with zero attached hydrogens (tertiary/aromatic N) is 4. The number of aliphatic hydroxyl groups excluding tert-OH is 1. The van der Waals surface area contributed by atoms with Crippen LogP contribution in [0.2, 0.25) is 0 Å². The van der Waals surface area contributed by atoms with Crippen molar-refractivity contribution in [3.63, 3.8) is 0 Å². The van der Waals surface area contributed by atoms with Crippen LogP contribution in [0.1, 0.15) is 29.7 Å². The maximum atomic E-state index is 11.0. The molecule has 0 aliphatic carbocycles. The Morgan fingerprint density at radius 2 is 1.96 bits per heavy atom. The number of hydrogen-bond acceptors (Lipinski definition) is 6. The van der Waals surface area contributed by atoms with E-state index in [9.17, 15) is 20.5 Å². The number of fused-ring (bicyclic) bond motifs is 1. The van der Waals surface area contributed by atoms with Gasteiger partial charge in [-0.1, -0.05) is 29.8 Å². The van der Waals surface area contributed by atoms with Gasteiger partial charge in [0, 0.05) is 30.6 Å². The molecule has 0 spiro atoms. The standard InChI is InChI=1S/C21H20N4O3/c1-3-24(13-20(26)15-6-4-14(2)5-7-15)21-10-16(12-22)18-11-17(25(27)28)8-9-19(18)23-21/h4-11,20,26H,3,13H2,1-2H3. The fraction of sp³-hybridized carbons (Fsp3) is 0.238. The first-order valence-electron chi connectivity index (χ1n) is 8.91. The van der Waals surface area contributed by atoms with E-state index < -0.39 is 11.0 Å². The number of benzene rings is 2. The Bertz CT molecular complexity index is 1060. The van der Waals surface area contributed by atoms with Gasteiger partial charge in [0.05, 0.1) is 28.2 Å².